The van der Waals surface area contributed by atoms with Crippen LogP contribution in [0.3, 0.4) is 0 Å². The molecule has 2 nitrogen and oxygen atoms in total. The van der Waals surface area contributed by atoms with Crippen LogP contribution in [0, 0.1) is 0 Å². The molecule has 0 radical (unpaired) electrons. The van der Waals surface area contributed by atoms with Crippen LogP contribution >= 0.6 is 0 Å². The summed E-state index contributed by atoms with van der Waals surface area (Å²) in [5.41, 5.74) is 2.53. The van der Waals surface area contributed by atoms with Gasteiger partial charge in [0.2, 0.25) is 0 Å². The Morgan fingerprint density at radius 2 is 1.12 bits per heavy atom. The largest absolute Gasteiger partial charge is 0.393 e. The van der Waals surface area contributed by atoms with Crippen molar-refractivity contribution in [3.05, 3.63) is 35.4 Å². The van der Waals surface area contributed by atoms with Crippen LogP contribution in [0.2, 0.25) is 0 Å². The molecule has 0 amide bonds. The Balaban J connectivity index is 2.41. The number of hydrogen-bond donors (Lipinski definition) is 2. The predicted molar refractivity (Wildman–Crippen MR) is 66.4 cm³/mol. The van der Waals surface area contributed by atoms with Gasteiger partial charge in [-0.05, 0) is 50.7 Å². The standard InChI is InChI=1S/C14H22O2/c1-11(15)3-5-13-7-9-14(10-8-13)6-4-12(2)16/h7-12,15-16H,3-6H2,1-2H3/t11-,12-/m1/s1. The maximum atomic E-state index is 9.19. The van der Waals surface area contributed by atoms with E-state index in [-0.39, 0.29) is 12.2 Å². The highest BCUT2D eigenvalue weighted by Crippen LogP contribution is 2.10. The van der Waals surface area contributed by atoms with Gasteiger partial charge in [0, 0.05) is 0 Å². The van der Waals surface area contributed by atoms with Crippen LogP contribution in [-0.2, 0) is 12.8 Å². The van der Waals surface area contributed by atoms with Gasteiger partial charge in [0.1, 0.15) is 0 Å². The van der Waals surface area contributed by atoms with E-state index < -0.39 is 0 Å². The molecule has 0 unspecified atom stereocenters. The summed E-state index contributed by atoms with van der Waals surface area (Å²) in [6.45, 7) is 3.63. The fourth-order valence-electron chi connectivity index (χ4n) is 1.62. The molecule has 1 aromatic rings. The van der Waals surface area contributed by atoms with Gasteiger partial charge in [-0.15, -0.1) is 0 Å². The molecular formula is C14H22O2. The number of aliphatic hydroxyl groups excluding tert-OH is 2. The number of rotatable bonds is 6. The van der Waals surface area contributed by atoms with Crippen molar-refractivity contribution < 1.29 is 10.2 Å². The fourth-order valence-corrected chi connectivity index (χ4v) is 1.62. The van der Waals surface area contributed by atoms with Crippen molar-refractivity contribution in [3.63, 3.8) is 0 Å². The van der Waals surface area contributed by atoms with Gasteiger partial charge in [0.15, 0.2) is 0 Å². The molecule has 0 aliphatic heterocycles. The minimum atomic E-state index is -0.227. The molecule has 0 fully saturated rings. The summed E-state index contributed by atoms with van der Waals surface area (Å²) in [6, 6.07) is 8.44. The zero-order valence-corrected chi connectivity index (χ0v) is 10.2. The lowest BCUT2D eigenvalue weighted by molar-refractivity contribution is 0.184. The topological polar surface area (TPSA) is 40.5 Å². The summed E-state index contributed by atoms with van der Waals surface area (Å²) in [5, 5.41) is 18.4. The molecule has 2 heteroatoms. The average Bonchev–Trinajstić information content (AvgIpc) is 2.25. The van der Waals surface area contributed by atoms with Gasteiger partial charge in [0.25, 0.3) is 0 Å². The summed E-state index contributed by atoms with van der Waals surface area (Å²) in [7, 11) is 0. The molecule has 90 valence electrons. The third kappa shape index (κ3) is 5.29. The number of aliphatic hydroxyl groups is 2. The molecule has 0 bridgehead atoms. The summed E-state index contributed by atoms with van der Waals surface area (Å²) in [5.74, 6) is 0. The lowest BCUT2D eigenvalue weighted by atomic mass is 10.0. The van der Waals surface area contributed by atoms with Crippen molar-refractivity contribution in [1.82, 2.24) is 0 Å². The van der Waals surface area contributed by atoms with Crippen molar-refractivity contribution in [2.75, 3.05) is 0 Å². The maximum Gasteiger partial charge on any atom is 0.0515 e. The molecule has 0 aromatic heterocycles. The van der Waals surface area contributed by atoms with Gasteiger partial charge in [-0.25, -0.2) is 0 Å². The molecule has 1 aromatic carbocycles. The van der Waals surface area contributed by atoms with E-state index in [1.54, 1.807) is 0 Å². The van der Waals surface area contributed by atoms with E-state index in [2.05, 4.69) is 24.3 Å². The second-order valence-corrected chi connectivity index (χ2v) is 4.59. The fraction of sp³-hybridized carbons (Fsp3) is 0.571. The smallest absolute Gasteiger partial charge is 0.0515 e. The molecule has 1 rings (SSSR count). The SMILES string of the molecule is C[C@@H](O)CCc1ccc(CC[C@@H](C)O)cc1. The normalized spacial score (nSPS) is 14.8. The third-order valence-electron chi connectivity index (χ3n) is 2.72. The molecule has 0 spiro atoms. The van der Waals surface area contributed by atoms with Crippen molar-refractivity contribution in [2.24, 2.45) is 0 Å². The molecule has 16 heavy (non-hydrogen) atoms. The Morgan fingerprint density at radius 3 is 1.38 bits per heavy atom. The Kier molecular flexibility index (Phi) is 5.50. The Labute approximate surface area is 97.9 Å². The Hall–Kier alpha value is -0.860. The molecule has 2 atom stereocenters. The highest BCUT2D eigenvalue weighted by atomic mass is 16.3. The summed E-state index contributed by atoms with van der Waals surface area (Å²) < 4.78 is 0. The van der Waals surface area contributed by atoms with Crippen LogP contribution in [0.25, 0.3) is 0 Å². The van der Waals surface area contributed by atoms with Crippen LogP contribution in [0.1, 0.15) is 37.8 Å². The van der Waals surface area contributed by atoms with E-state index in [9.17, 15) is 10.2 Å². The highest BCUT2D eigenvalue weighted by Gasteiger charge is 2.00. The number of benzene rings is 1. The van der Waals surface area contributed by atoms with Gasteiger partial charge in [-0.2, -0.15) is 0 Å². The first-order valence-electron chi connectivity index (χ1n) is 6.02. The van der Waals surface area contributed by atoms with Gasteiger partial charge < -0.3 is 10.2 Å². The van der Waals surface area contributed by atoms with E-state index in [1.165, 1.54) is 11.1 Å². The molecule has 2 N–H and O–H groups in total. The first kappa shape index (κ1) is 13.2. The first-order valence-corrected chi connectivity index (χ1v) is 6.02. The predicted octanol–water partition coefficient (Wildman–Crippen LogP) is 2.31. The summed E-state index contributed by atoms with van der Waals surface area (Å²) in [4.78, 5) is 0. The van der Waals surface area contributed by atoms with E-state index in [4.69, 9.17) is 0 Å². The zero-order valence-electron chi connectivity index (χ0n) is 10.2. The lowest BCUT2D eigenvalue weighted by Crippen LogP contribution is -2.02. The van der Waals surface area contributed by atoms with Crippen molar-refractivity contribution >= 4 is 0 Å². The average molecular weight is 222 g/mol. The number of hydrogen-bond acceptors (Lipinski definition) is 2. The van der Waals surface area contributed by atoms with Gasteiger partial charge in [-0.1, -0.05) is 24.3 Å². The van der Waals surface area contributed by atoms with Gasteiger partial charge >= 0.3 is 0 Å². The van der Waals surface area contributed by atoms with Crippen molar-refractivity contribution in [3.8, 4) is 0 Å². The van der Waals surface area contributed by atoms with Crippen LogP contribution in [0.4, 0.5) is 0 Å². The Bertz CT molecular complexity index is 257. The van der Waals surface area contributed by atoms with Crippen LogP contribution in [0.15, 0.2) is 24.3 Å². The van der Waals surface area contributed by atoms with E-state index in [0.29, 0.717) is 0 Å². The van der Waals surface area contributed by atoms with Crippen LogP contribution < -0.4 is 0 Å². The maximum absolute atomic E-state index is 9.19. The van der Waals surface area contributed by atoms with Crippen LogP contribution in [-0.4, -0.2) is 22.4 Å². The van der Waals surface area contributed by atoms with Gasteiger partial charge in [-0.3, -0.25) is 0 Å². The number of aryl methyl sites for hydroxylation is 2. The highest BCUT2D eigenvalue weighted by molar-refractivity contribution is 5.22. The molecule has 0 aliphatic rings. The molecule has 0 heterocycles. The minimum absolute atomic E-state index is 0.227. The monoisotopic (exact) mass is 222 g/mol. The molecule has 0 aliphatic carbocycles. The van der Waals surface area contributed by atoms with E-state index >= 15 is 0 Å². The Morgan fingerprint density at radius 1 is 0.812 bits per heavy atom. The van der Waals surface area contributed by atoms with Crippen molar-refractivity contribution in [2.45, 2.75) is 51.7 Å². The minimum Gasteiger partial charge on any atom is -0.393 e. The molecular weight excluding hydrogens is 200 g/mol. The summed E-state index contributed by atoms with van der Waals surface area (Å²) in [6.07, 6.45) is 3.02. The second-order valence-electron chi connectivity index (χ2n) is 4.59. The van der Waals surface area contributed by atoms with Gasteiger partial charge in [0.05, 0.1) is 12.2 Å². The first-order chi connectivity index (χ1) is 7.58. The quantitative estimate of drug-likeness (QED) is 0.775. The van der Waals surface area contributed by atoms with Crippen molar-refractivity contribution in [1.29, 1.82) is 0 Å². The van der Waals surface area contributed by atoms with E-state index in [1.807, 2.05) is 13.8 Å². The second kappa shape index (κ2) is 6.66. The molecule has 0 saturated heterocycles. The summed E-state index contributed by atoms with van der Waals surface area (Å²) >= 11 is 0. The zero-order chi connectivity index (χ0) is 12.0. The lowest BCUT2D eigenvalue weighted by Gasteiger charge is -2.07. The third-order valence-corrected chi connectivity index (χ3v) is 2.72. The van der Waals surface area contributed by atoms with Crippen LogP contribution in [0.5, 0.6) is 0 Å². The van der Waals surface area contributed by atoms with E-state index in [0.717, 1.165) is 25.7 Å². The molecule has 0 saturated carbocycles.